The molecule has 0 spiro atoms. The van der Waals surface area contributed by atoms with Crippen molar-refractivity contribution in [1.82, 2.24) is 9.38 Å². The number of aryl methyl sites for hydroxylation is 1. The Morgan fingerprint density at radius 3 is 2.86 bits per heavy atom. The zero-order valence-electron chi connectivity index (χ0n) is 11.1. The Bertz CT molecular complexity index is 842. The number of anilines is 1. The Labute approximate surface area is 131 Å². The summed E-state index contributed by atoms with van der Waals surface area (Å²) in [4.78, 5) is 16.8. The van der Waals surface area contributed by atoms with Crippen LogP contribution in [-0.4, -0.2) is 15.3 Å². The third kappa shape index (κ3) is 2.73. The summed E-state index contributed by atoms with van der Waals surface area (Å²) in [5.41, 5.74) is 2.45. The molecule has 21 heavy (non-hydrogen) atoms. The molecule has 3 aromatic rings. The van der Waals surface area contributed by atoms with Crippen molar-refractivity contribution in [2.75, 3.05) is 5.32 Å². The smallest absolute Gasteiger partial charge is 0.259 e. The van der Waals surface area contributed by atoms with Crippen LogP contribution in [0.1, 0.15) is 16.1 Å². The van der Waals surface area contributed by atoms with Gasteiger partial charge in [-0.1, -0.05) is 23.2 Å². The molecule has 0 fully saturated rings. The summed E-state index contributed by atoms with van der Waals surface area (Å²) < 4.78 is 1.81. The van der Waals surface area contributed by atoms with E-state index in [1.165, 1.54) is 0 Å². The Balaban J connectivity index is 1.97. The van der Waals surface area contributed by atoms with E-state index in [1.54, 1.807) is 30.3 Å². The highest BCUT2D eigenvalue weighted by molar-refractivity contribution is 6.36. The summed E-state index contributed by atoms with van der Waals surface area (Å²) in [5.74, 6) is -0.268. The number of rotatable bonds is 2. The van der Waals surface area contributed by atoms with Gasteiger partial charge in [0.05, 0.1) is 22.0 Å². The first-order valence-corrected chi connectivity index (χ1v) is 7.01. The van der Waals surface area contributed by atoms with Crippen molar-refractivity contribution in [1.29, 1.82) is 0 Å². The van der Waals surface area contributed by atoms with Gasteiger partial charge in [0.2, 0.25) is 0 Å². The van der Waals surface area contributed by atoms with Gasteiger partial charge in [0.15, 0.2) is 0 Å². The summed E-state index contributed by atoms with van der Waals surface area (Å²) in [6, 6.07) is 8.44. The maximum Gasteiger partial charge on any atom is 0.259 e. The van der Waals surface area contributed by atoms with Crippen molar-refractivity contribution in [2.45, 2.75) is 6.92 Å². The highest BCUT2D eigenvalue weighted by Crippen LogP contribution is 2.26. The summed E-state index contributed by atoms with van der Waals surface area (Å²) in [7, 11) is 0. The molecule has 0 aliphatic carbocycles. The quantitative estimate of drug-likeness (QED) is 0.769. The maximum absolute atomic E-state index is 12.4. The van der Waals surface area contributed by atoms with Crippen LogP contribution in [0.25, 0.3) is 5.65 Å². The predicted molar refractivity (Wildman–Crippen MR) is 84.3 cm³/mol. The minimum atomic E-state index is -0.268. The summed E-state index contributed by atoms with van der Waals surface area (Å²) >= 11 is 11.9. The van der Waals surface area contributed by atoms with E-state index < -0.39 is 0 Å². The molecule has 0 aliphatic rings. The SMILES string of the molecule is Cc1cn2cccc(C(=O)Nc3ccc(Cl)cc3Cl)c2n1. The van der Waals surface area contributed by atoms with E-state index in [-0.39, 0.29) is 5.91 Å². The number of carbonyl (C=O) groups is 1. The second-order valence-corrected chi connectivity index (χ2v) is 5.46. The number of benzene rings is 1. The van der Waals surface area contributed by atoms with Crippen LogP contribution in [0.4, 0.5) is 5.69 Å². The molecule has 0 bridgehead atoms. The molecule has 1 amide bonds. The number of imidazole rings is 1. The maximum atomic E-state index is 12.4. The number of halogens is 2. The van der Waals surface area contributed by atoms with E-state index in [1.807, 2.05) is 23.7 Å². The predicted octanol–water partition coefficient (Wildman–Crippen LogP) is 4.20. The lowest BCUT2D eigenvalue weighted by Crippen LogP contribution is -2.13. The first kappa shape index (κ1) is 13.9. The average molecular weight is 320 g/mol. The van der Waals surface area contributed by atoms with E-state index in [0.29, 0.717) is 26.9 Å². The first-order valence-electron chi connectivity index (χ1n) is 6.25. The van der Waals surface area contributed by atoms with E-state index in [2.05, 4.69) is 10.3 Å². The number of hydrogen-bond acceptors (Lipinski definition) is 2. The molecule has 1 aromatic carbocycles. The van der Waals surface area contributed by atoms with Gasteiger partial charge in [-0.2, -0.15) is 0 Å². The minimum absolute atomic E-state index is 0.268. The van der Waals surface area contributed by atoms with Crippen molar-refractivity contribution in [3.8, 4) is 0 Å². The van der Waals surface area contributed by atoms with Crippen molar-refractivity contribution < 1.29 is 4.79 Å². The summed E-state index contributed by atoms with van der Waals surface area (Å²) in [6.45, 7) is 1.88. The molecule has 4 nitrogen and oxygen atoms in total. The number of nitrogens with zero attached hydrogens (tertiary/aromatic N) is 2. The fraction of sp³-hybridized carbons (Fsp3) is 0.0667. The fourth-order valence-corrected chi connectivity index (χ4v) is 2.55. The number of nitrogens with one attached hydrogen (secondary N) is 1. The van der Waals surface area contributed by atoms with Crippen LogP contribution >= 0.6 is 23.2 Å². The average Bonchev–Trinajstić information content (AvgIpc) is 2.81. The number of pyridine rings is 1. The molecule has 0 aliphatic heterocycles. The topological polar surface area (TPSA) is 46.4 Å². The van der Waals surface area contributed by atoms with Gasteiger partial charge in [0, 0.05) is 17.4 Å². The normalized spacial score (nSPS) is 10.8. The molecule has 2 aromatic heterocycles. The molecule has 6 heteroatoms. The van der Waals surface area contributed by atoms with E-state index >= 15 is 0 Å². The van der Waals surface area contributed by atoms with Gasteiger partial charge in [-0.15, -0.1) is 0 Å². The number of fused-ring (bicyclic) bond motifs is 1. The van der Waals surface area contributed by atoms with Gasteiger partial charge in [-0.05, 0) is 37.3 Å². The molecular weight excluding hydrogens is 309 g/mol. The summed E-state index contributed by atoms with van der Waals surface area (Å²) in [6.07, 6.45) is 3.71. The molecule has 3 rings (SSSR count). The highest BCUT2D eigenvalue weighted by atomic mass is 35.5. The van der Waals surface area contributed by atoms with E-state index in [9.17, 15) is 4.79 Å². The van der Waals surface area contributed by atoms with Crippen molar-refractivity contribution in [3.05, 3.63) is 64.0 Å². The van der Waals surface area contributed by atoms with Gasteiger partial charge in [-0.3, -0.25) is 4.79 Å². The molecule has 0 radical (unpaired) electrons. The Morgan fingerprint density at radius 2 is 2.10 bits per heavy atom. The van der Waals surface area contributed by atoms with Crippen LogP contribution in [0.3, 0.4) is 0 Å². The van der Waals surface area contributed by atoms with Gasteiger partial charge in [0.25, 0.3) is 5.91 Å². The molecule has 106 valence electrons. The third-order valence-corrected chi connectivity index (χ3v) is 3.57. The van der Waals surface area contributed by atoms with Gasteiger partial charge < -0.3 is 9.72 Å². The zero-order chi connectivity index (χ0) is 15.0. The molecule has 0 saturated carbocycles. The number of carbonyl (C=O) groups excluding carboxylic acids is 1. The lowest BCUT2D eigenvalue weighted by Gasteiger charge is -2.08. The first-order chi connectivity index (χ1) is 10.0. The van der Waals surface area contributed by atoms with Crippen LogP contribution in [0.2, 0.25) is 10.0 Å². The van der Waals surface area contributed by atoms with Gasteiger partial charge in [-0.25, -0.2) is 4.98 Å². The zero-order valence-corrected chi connectivity index (χ0v) is 12.6. The second-order valence-electron chi connectivity index (χ2n) is 4.61. The molecule has 1 N–H and O–H groups in total. The fourth-order valence-electron chi connectivity index (χ4n) is 2.09. The summed E-state index contributed by atoms with van der Waals surface area (Å²) in [5, 5.41) is 3.68. The molecular formula is C15H11Cl2N3O. The van der Waals surface area contributed by atoms with Crippen molar-refractivity contribution in [3.63, 3.8) is 0 Å². The Morgan fingerprint density at radius 1 is 1.29 bits per heavy atom. The molecule has 2 heterocycles. The van der Waals surface area contributed by atoms with E-state index in [4.69, 9.17) is 23.2 Å². The minimum Gasteiger partial charge on any atom is -0.321 e. The van der Waals surface area contributed by atoms with Crippen LogP contribution < -0.4 is 5.32 Å². The van der Waals surface area contributed by atoms with Crippen molar-refractivity contribution >= 4 is 40.4 Å². The largest absolute Gasteiger partial charge is 0.321 e. The van der Waals surface area contributed by atoms with Crippen LogP contribution in [0.5, 0.6) is 0 Å². The van der Waals surface area contributed by atoms with E-state index in [0.717, 1.165) is 5.69 Å². The van der Waals surface area contributed by atoms with Gasteiger partial charge >= 0.3 is 0 Å². The molecule has 0 unspecified atom stereocenters. The standard InChI is InChI=1S/C15H11Cl2N3O/c1-9-8-20-6-2-3-11(14(20)18-9)15(21)19-13-5-4-10(16)7-12(13)17/h2-8H,1H3,(H,19,21). The van der Waals surface area contributed by atoms with Crippen LogP contribution in [0.15, 0.2) is 42.7 Å². The highest BCUT2D eigenvalue weighted by Gasteiger charge is 2.14. The Hall–Kier alpha value is -2.04. The van der Waals surface area contributed by atoms with Crippen LogP contribution in [-0.2, 0) is 0 Å². The monoisotopic (exact) mass is 319 g/mol. The van der Waals surface area contributed by atoms with Crippen LogP contribution in [0, 0.1) is 6.92 Å². The number of hydrogen-bond donors (Lipinski definition) is 1. The molecule has 0 saturated heterocycles. The number of amides is 1. The van der Waals surface area contributed by atoms with Crippen molar-refractivity contribution in [2.24, 2.45) is 0 Å². The third-order valence-electron chi connectivity index (χ3n) is 3.03. The lowest BCUT2D eigenvalue weighted by molar-refractivity contribution is 0.102. The number of aromatic nitrogens is 2. The Kier molecular flexibility index (Phi) is 3.57. The molecule has 0 atom stereocenters. The second kappa shape index (κ2) is 5.39. The van der Waals surface area contributed by atoms with Gasteiger partial charge in [0.1, 0.15) is 5.65 Å². The lowest BCUT2D eigenvalue weighted by atomic mass is 10.2.